The second-order valence-electron chi connectivity index (χ2n) is 7.94. The highest BCUT2D eigenvalue weighted by atomic mass is 19.4. The van der Waals surface area contributed by atoms with Gasteiger partial charge in [-0.2, -0.15) is 13.2 Å². The average molecular weight is 416 g/mol. The third kappa shape index (κ3) is 4.61. The van der Waals surface area contributed by atoms with Gasteiger partial charge in [-0.3, -0.25) is 4.79 Å². The molecule has 2 aliphatic rings. The van der Waals surface area contributed by atoms with Crippen molar-refractivity contribution in [1.82, 2.24) is 4.98 Å². The van der Waals surface area contributed by atoms with Crippen molar-refractivity contribution in [2.24, 2.45) is 5.92 Å². The third-order valence-electron chi connectivity index (χ3n) is 5.69. The van der Waals surface area contributed by atoms with Crippen LogP contribution < -0.4 is 5.32 Å². The molecular weight excluding hydrogens is 393 g/mol. The van der Waals surface area contributed by atoms with Gasteiger partial charge in [-0.15, -0.1) is 0 Å². The van der Waals surface area contributed by atoms with Crippen LogP contribution in [0, 0.1) is 5.92 Å². The van der Waals surface area contributed by atoms with Crippen LogP contribution in [-0.2, 0) is 11.0 Å². The number of aromatic nitrogens is 1. The number of anilines is 1. The molecule has 1 aromatic heterocycles. The van der Waals surface area contributed by atoms with Gasteiger partial charge < -0.3 is 15.4 Å². The Morgan fingerprint density at radius 1 is 1.03 bits per heavy atom. The van der Waals surface area contributed by atoms with Gasteiger partial charge in [0.1, 0.15) is 5.75 Å². The number of nitrogens with one attached hydrogen (secondary N) is 2. The predicted molar refractivity (Wildman–Crippen MR) is 109 cm³/mol. The maximum Gasteiger partial charge on any atom is 0.416 e. The zero-order chi connectivity index (χ0) is 21.3. The minimum Gasteiger partial charge on any atom is -0.508 e. The molecule has 2 fully saturated rings. The molecular formula is C23H23F3N2O2. The molecule has 2 aliphatic carbocycles. The first-order valence-electron chi connectivity index (χ1n) is 10.1. The molecule has 2 saturated carbocycles. The summed E-state index contributed by atoms with van der Waals surface area (Å²) in [6.07, 6.45) is 2.95. The van der Waals surface area contributed by atoms with Crippen molar-refractivity contribution < 1.29 is 23.1 Å². The lowest BCUT2D eigenvalue weighted by atomic mass is 9.80. The van der Waals surface area contributed by atoms with Crippen LogP contribution in [0.15, 0.2) is 48.7 Å². The molecule has 2 aromatic carbocycles. The number of fused-ring (bicyclic) bond motifs is 1. The first-order valence-corrected chi connectivity index (χ1v) is 10.1. The standard InChI is InChI=1S/C12H12N2O2.C11H11F3/c15-8-3-4-10-9(5-8)11(6-13-10)14-12(16)7-1-2-7;12-11(13,14)10-6-4-9(5-7-10)8-2-1-3-8/h3-7,13,15H,1-2H2,(H,14,16);4-8H,1-3H2. The van der Waals surface area contributed by atoms with Crippen LogP contribution in [0.5, 0.6) is 5.75 Å². The third-order valence-corrected chi connectivity index (χ3v) is 5.69. The molecule has 4 nitrogen and oxygen atoms in total. The fourth-order valence-electron chi connectivity index (χ4n) is 3.48. The second-order valence-corrected chi connectivity index (χ2v) is 7.94. The van der Waals surface area contributed by atoms with E-state index in [0.717, 1.165) is 47.8 Å². The maximum atomic E-state index is 12.2. The van der Waals surface area contributed by atoms with E-state index < -0.39 is 11.7 Å². The summed E-state index contributed by atoms with van der Waals surface area (Å²) in [5, 5.41) is 13.1. The largest absolute Gasteiger partial charge is 0.508 e. The summed E-state index contributed by atoms with van der Waals surface area (Å²) in [5.74, 6) is 0.956. The van der Waals surface area contributed by atoms with Gasteiger partial charge in [-0.05, 0) is 67.5 Å². The zero-order valence-corrected chi connectivity index (χ0v) is 16.3. The van der Waals surface area contributed by atoms with Crippen molar-refractivity contribution in [1.29, 1.82) is 0 Å². The Bertz CT molecular complexity index is 1030. The molecule has 3 N–H and O–H groups in total. The number of aromatic hydroxyl groups is 1. The lowest BCUT2D eigenvalue weighted by Gasteiger charge is -2.25. The van der Waals surface area contributed by atoms with E-state index in [-0.39, 0.29) is 17.6 Å². The van der Waals surface area contributed by atoms with E-state index in [1.54, 1.807) is 36.5 Å². The highest BCUT2D eigenvalue weighted by Crippen LogP contribution is 2.37. The van der Waals surface area contributed by atoms with Crippen molar-refractivity contribution in [2.45, 2.75) is 44.2 Å². The fraction of sp³-hybridized carbons (Fsp3) is 0.348. The minimum absolute atomic E-state index is 0.0734. The van der Waals surface area contributed by atoms with Crippen molar-refractivity contribution in [2.75, 3.05) is 5.32 Å². The number of rotatable bonds is 3. The van der Waals surface area contributed by atoms with Crippen LogP contribution >= 0.6 is 0 Å². The number of hydrogen-bond acceptors (Lipinski definition) is 2. The number of phenols is 1. The van der Waals surface area contributed by atoms with Gasteiger partial charge in [0.15, 0.2) is 0 Å². The molecule has 158 valence electrons. The lowest BCUT2D eigenvalue weighted by molar-refractivity contribution is -0.137. The molecule has 30 heavy (non-hydrogen) atoms. The summed E-state index contributed by atoms with van der Waals surface area (Å²) < 4.78 is 36.6. The second kappa shape index (κ2) is 8.05. The lowest BCUT2D eigenvalue weighted by Crippen LogP contribution is -2.12. The SMILES string of the molecule is FC(F)(F)c1ccc(C2CCC2)cc1.O=C(Nc1c[nH]c2ccc(O)cc12)C1CC1. The Hall–Kier alpha value is -2.96. The van der Waals surface area contributed by atoms with Crippen molar-refractivity contribution >= 4 is 22.5 Å². The molecule has 5 rings (SSSR count). The topological polar surface area (TPSA) is 65.1 Å². The molecule has 7 heteroatoms. The van der Waals surface area contributed by atoms with E-state index in [9.17, 15) is 23.1 Å². The van der Waals surface area contributed by atoms with Gasteiger partial charge in [-0.25, -0.2) is 0 Å². The molecule has 0 unspecified atom stereocenters. The molecule has 1 amide bonds. The molecule has 0 saturated heterocycles. The number of amides is 1. The molecule has 0 atom stereocenters. The minimum atomic E-state index is -4.21. The van der Waals surface area contributed by atoms with Gasteiger partial charge >= 0.3 is 6.18 Å². The number of benzene rings is 2. The quantitative estimate of drug-likeness (QED) is 0.476. The number of halogens is 3. The van der Waals surface area contributed by atoms with Crippen LogP contribution in [0.4, 0.5) is 18.9 Å². The van der Waals surface area contributed by atoms with Crippen LogP contribution in [-0.4, -0.2) is 16.0 Å². The molecule has 0 spiro atoms. The van der Waals surface area contributed by atoms with Crippen molar-refractivity contribution in [3.63, 3.8) is 0 Å². The summed E-state index contributed by atoms with van der Waals surface area (Å²) in [6, 6.07) is 10.6. The first-order chi connectivity index (χ1) is 14.3. The Morgan fingerprint density at radius 3 is 2.30 bits per heavy atom. The van der Waals surface area contributed by atoms with Gasteiger partial charge in [0.25, 0.3) is 0 Å². The number of aromatic amines is 1. The van der Waals surface area contributed by atoms with Crippen molar-refractivity contribution in [3.8, 4) is 5.75 Å². The van der Waals surface area contributed by atoms with E-state index in [2.05, 4.69) is 10.3 Å². The molecule has 0 bridgehead atoms. The highest BCUT2D eigenvalue weighted by Gasteiger charge is 2.31. The summed E-state index contributed by atoms with van der Waals surface area (Å²) >= 11 is 0. The smallest absolute Gasteiger partial charge is 0.416 e. The van der Waals surface area contributed by atoms with Gasteiger partial charge in [0, 0.05) is 23.0 Å². The van der Waals surface area contributed by atoms with Crippen LogP contribution in [0.1, 0.15) is 49.1 Å². The van der Waals surface area contributed by atoms with Gasteiger partial charge in [0.05, 0.1) is 11.3 Å². The number of carbonyl (C=O) groups excluding carboxylic acids is 1. The van der Waals surface area contributed by atoms with Gasteiger partial charge in [-0.1, -0.05) is 18.6 Å². The number of carbonyl (C=O) groups is 1. The number of hydrogen-bond donors (Lipinski definition) is 3. The van der Waals surface area contributed by atoms with E-state index in [0.29, 0.717) is 5.92 Å². The van der Waals surface area contributed by atoms with E-state index >= 15 is 0 Å². The van der Waals surface area contributed by atoms with Gasteiger partial charge in [0.2, 0.25) is 5.91 Å². The van der Waals surface area contributed by atoms with E-state index in [1.165, 1.54) is 18.6 Å². The zero-order valence-electron chi connectivity index (χ0n) is 16.3. The van der Waals surface area contributed by atoms with E-state index in [1.807, 2.05) is 0 Å². The van der Waals surface area contributed by atoms with Crippen LogP contribution in [0.25, 0.3) is 10.9 Å². The molecule has 0 radical (unpaired) electrons. The van der Waals surface area contributed by atoms with Crippen molar-refractivity contribution in [3.05, 3.63) is 59.8 Å². The molecule has 3 aromatic rings. The molecule has 0 aliphatic heterocycles. The number of H-pyrrole nitrogens is 1. The summed E-state index contributed by atoms with van der Waals surface area (Å²) in [4.78, 5) is 14.7. The Kier molecular flexibility index (Phi) is 5.45. The predicted octanol–water partition coefficient (Wildman–Crippen LogP) is 6.19. The maximum absolute atomic E-state index is 12.2. The summed E-state index contributed by atoms with van der Waals surface area (Å²) in [6.45, 7) is 0. The monoisotopic (exact) mass is 416 g/mol. The van der Waals surface area contributed by atoms with E-state index in [4.69, 9.17) is 0 Å². The Balaban J connectivity index is 0.000000147. The van der Waals surface area contributed by atoms with Crippen LogP contribution in [0.2, 0.25) is 0 Å². The Labute approximate surface area is 172 Å². The summed E-state index contributed by atoms with van der Waals surface area (Å²) in [7, 11) is 0. The number of phenolic OH excluding ortho intramolecular Hbond substituents is 1. The summed E-state index contributed by atoms with van der Waals surface area (Å²) in [5.41, 5.74) is 2.14. The first kappa shape index (κ1) is 20.3. The molecule has 1 heterocycles. The van der Waals surface area contributed by atoms with Crippen LogP contribution in [0.3, 0.4) is 0 Å². The highest BCUT2D eigenvalue weighted by molar-refractivity contribution is 6.03. The normalized spacial score (nSPS) is 16.5. The average Bonchev–Trinajstić information content (AvgIpc) is 3.44. The Morgan fingerprint density at radius 2 is 1.73 bits per heavy atom. The fourth-order valence-corrected chi connectivity index (χ4v) is 3.48. The number of alkyl halides is 3.